The van der Waals surface area contributed by atoms with E-state index in [0.717, 1.165) is 18.5 Å². The maximum Gasteiger partial charge on any atom is 0.330 e. The van der Waals surface area contributed by atoms with Crippen LogP contribution >= 0.6 is 0 Å². The van der Waals surface area contributed by atoms with Crippen LogP contribution < -0.4 is 11.2 Å². The van der Waals surface area contributed by atoms with E-state index in [1.54, 1.807) is 10.8 Å². The Hall–Kier alpha value is -3.49. The molecule has 0 aliphatic heterocycles. The van der Waals surface area contributed by atoms with Gasteiger partial charge in [-0.1, -0.05) is 45.4 Å². The Kier molecular flexibility index (Phi) is 5.35. The van der Waals surface area contributed by atoms with E-state index in [-0.39, 0.29) is 5.92 Å². The fourth-order valence-corrected chi connectivity index (χ4v) is 3.49. The number of para-hydroxylation sites is 1. The first-order valence-corrected chi connectivity index (χ1v) is 10.2. The van der Waals surface area contributed by atoms with E-state index in [4.69, 9.17) is 4.98 Å². The topological polar surface area (TPSA) is 103 Å². The van der Waals surface area contributed by atoms with E-state index >= 15 is 0 Å². The molecule has 4 aromatic rings. The van der Waals surface area contributed by atoms with Crippen LogP contribution in [0.4, 0.5) is 0 Å². The second-order valence-corrected chi connectivity index (χ2v) is 7.73. The van der Waals surface area contributed by atoms with Crippen molar-refractivity contribution < 1.29 is 0 Å². The number of aryl methyl sites for hydroxylation is 1. The van der Waals surface area contributed by atoms with Crippen LogP contribution in [0.1, 0.15) is 33.6 Å². The zero-order valence-corrected chi connectivity index (χ0v) is 17.4. The van der Waals surface area contributed by atoms with Gasteiger partial charge in [0.1, 0.15) is 5.69 Å². The van der Waals surface area contributed by atoms with Crippen LogP contribution in [0.25, 0.3) is 28.4 Å². The van der Waals surface area contributed by atoms with Crippen molar-refractivity contribution >= 4 is 11.2 Å². The molecule has 0 unspecified atom stereocenters. The van der Waals surface area contributed by atoms with Gasteiger partial charge in [0.05, 0.1) is 11.9 Å². The highest BCUT2D eigenvalue weighted by Crippen LogP contribution is 2.22. The number of aromatic amines is 1. The van der Waals surface area contributed by atoms with Crippen molar-refractivity contribution in [2.45, 2.75) is 46.7 Å². The Balaban J connectivity index is 1.93. The van der Waals surface area contributed by atoms with E-state index in [0.29, 0.717) is 35.8 Å². The number of hydrogen-bond donors (Lipinski definition) is 1. The normalized spacial score (nSPS) is 11.6. The largest absolute Gasteiger partial charge is 0.330 e. The predicted molar refractivity (Wildman–Crippen MR) is 115 cm³/mol. The lowest BCUT2D eigenvalue weighted by molar-refractivity contribution is 0.534. The third kappa shape index (κ3) is 3.58. The fraction of sp³-hybridized carbons (Fsp3) is 0.381. The Bertz CT molecular complexity index is 1280. The molecule has 0 atom stereocenters. The van der Waals surface area contributed by atoms with Crippen molar-refractivity contribution in [3.63, 3.8) is 0 Å². The first-order chi connectivity index (χ1) is 14.5. The number of nitrogens with zero attached hydrogens (tertiary/aromatic N) is 6. The fourth-order valence-electron chi connectivity index (χ4n) is 3.49. The summed E-state index contributed by atoms with van der Waals surface area (Å²) in [4.78, 5) is 33.9. The molecule has 0 aliphatic carbocycles. The molecule has 4 rings (SSSR count). The number of hydrogen-bond acceptors (Lipinski definition) is 5. The number of benzene rings is 1. The van der Waals surface area contributed by atoms with Gasteiger partial charge in [-0.25, -0.2) is 9.78 Å². The molecule has 3 aromatic heterocycles. The van der Waals surface area contributed by atoms with Crippen LogP contribution in [-0.2, 0) is 13.1 Å². The maximum absolute atomic E-state index is 12.7. The standard InChI is InChI=1S/C21H25N7O2/c1-4-5-11-26-19-17(20(29)24-21(26)30)27(13-14(2)3)18(23-19)16-12-22-28(25-16)15-9-7-6-8-10-15/h6-10,12,14H,4-5,11,13H2,1-3H3,(H,24,29,30). The molecule has 1 N–H and O–H groups in total. The van der Waals surface area contributed by atoms with E-state index in [9.17, 15) is 9.59 Å². The second kappa shape index (κ2) is 8.10. The van der Waals surface area contributed by atoms with Gasteiger partial charge in [0.2, 0.25) is 0 Å². The third-order valence-electron chi connectivity index (χ3n) is 4.88. The van der Waals surface area contributed by atoms with Crippen LogP contribution in [0, 0.1) is 5.92 Å². The quantitative estimate of drug-likeness (QED) is 0.507. The summed E-state index contributed by atoms with van der Waals surface area (Å²) in [5.74, 6) is 0.794. The number of rotatable bonds is 7. The third-order valence-corrected chi connectivity index (χ3v) is 4.88. The van der Waals surface area contributed by atoms with E-state index < -0.39 is 11.2 Å². The summed E-state index contributed by atoms with van der Waals surface area (Å²) in [7, 11) is 0. The van der Waals surface area contributed by atoms with Crippen molar-refractivity contribution in [2.24, 2.45) is 5.92 Å². The first-order valence-electron chi connectivity index (χ1n) is 10.2. The number of nitrogens with one attached hydrogen (secondary N) is 1. The molecule has 9 heteroatoms. The highest BCUT2D eigenvalue weighted by atomic mass is 16.2. The summed E-state index contributed by atoms with van der Waals surface area (Å²) in [5, 5.41) is 8.94. The molecule has 0 saturated carbocycles. The van der Waals surface area contributed by atoms with Crippen molar-refractivity contribution in [3.8, 4) is 17.2 Å². The molecule has 0 saturated heterocycles. The minimum Gasteiger partial charge on any atom is -0.316 e. The molecule has 0 fully saturated rings. The molecule has 9 nitrogen and oxygen atoms in total. The Morgan fingerprint density at radius 3 is 2.57 bits per heavy atom. The van der Waals surface area contributed by atoms with Crippen LogP contribution in [-0.4, -0.2) is 34.1 Å². The molecule has 3 heterocycles. The number of H-pyrrole nitrogens is 1. The SMILES string of the molecule is CCCCn1c(=O)[nH]c(=O)c2c1nc(-c1cnn(-c3ccccc3)n1)n2CC(C)C. The Morgan fingerprint density at radius 1 is 1.10 bits per heavy atom. The van der Waals surface area contributed by atoms with Gasteiger partial charge in [-0.15, -0.1) is 5.10 Å². The minimum atomic E-state index is -0.436. The van der Waals surface area contributed by atoms with Gasteiger partial charge in [0.15, 0.2) is 17.0 Å². The van der Waals surface area contributed by atoms with Crippen LogP contribution in [0.2, 0.25) is 0 Å². The first kappa shape index (κ1) is 19.8. The Labute approximate surface area is 173 Å². The summed E-state index contributed by atoms with van der Waals surface area (Å²) in [6, 6.07) is 9.58. The van der Waals surface area contributed by atoms with Crippen LogP contribution in [0.3, 0.4) is 0 Å². The Morgan fingerprint density at radius 2 is 1.87 bits per heavy atom. The zero-order chi connectivity index (χ0) is 21.3. The summed E-state index contributed by atoms with van der Waals surface area (Å²) in [5.41, 5.74) is 1.29. The second-order valence-electron chi connectivity index (χ2n) is 7.73. The molecule has 0 radical (unpaired) electrons. The van der Waals surface area contributed by atoms with Crippen molar-refractivity contribution in [1.82, 2.24) is 34.1 Å². The smallest absolute Gasteiger partial charge is 0.316 e. The highest BCUT2D eigenvalue weighted by Gasteiger charge is 2.22. The minimum absolute atomic E-state index is 0.265. The molecule has 156 valence electrons. The average Bonchev–Trinajstić information content (AvgIpc) is 3.34. The summed E-state index contributed by atoms with van der Waals surface area (Å²) >= 11 is 0. The molecule has 1 aromatic carbocycles. The van der Waals surface area contributed by atoms with Crippen molar-refractivity contribution in [2.75, 3.05) is 0 Å². The monoisotopic (exact) mass is 407 g/mol. The van der Waals surface area contributed by atoms with E-state index in [1.807, 2.05) is 34.9 Å². The zero-order valence-electron chi connectivity index (χ0n) is 17.4. The molecule has 0 bridgehead atoms. The molecular formula is C21H25N7O2. The summed E-state index contributed by atoms with van der Waals surface area (Å²) in [6.07, 6.45) is 3.38. The van der Waals surface area contributed by atoms with Gasteiger partial charge in [-0.2, -0.15) is 9.90 Å². The van der Waals surface area contributed by atoms with E-state index in [2.05, 4.69) is 36.0 Å². The van der Waals surface area contributed by atoms with Gasteiger partial charge in [-0.3, -0.25) is 14.3 Å². The van der Waals surface area contributed by atoms with Crippen LogP contribution in [0.15, 0.2) is 46.1 Å². The van der Waals surface area contributed by atoms with Gasteiger partial charge >= 0.3 is 5.69 Å². The molecule has 0 aliphatic rings. The number of aromatic nitrogens is 7. The average molecular weight is 407 g/mol. The lowest BCUT2D eigenvalue weighted by atomic mass is 10.2. The van der Waals surface area contributed by atoms with E-state index in [1.165, 1.54) is 4.80 Å². The lowest BCUT2D eigenvalue weighted by Crippen LogP contribution is -2.31. The van der Waals surface area contributed by atoms with Crippen molar-refractivity contribution in [3.05, 3.63) is 57.4 Å². The van der Waals surface area contributed by atoms with Gasteiger partial charge in [-0.05, 0) is 24.5 Å². The lowest BCUT2D eigenvalue weighted by Gasteiger charge is -2.10. The molecule has 0 spiro atoms. The van der Waals surface area contributed by atoms with Gasteiger partial charge in [0, 0.05) is 13.1 Å². The molecular weight excluding hydrogens is 382 g/mol. The van der Waals surface area contributed by atoms with Crippen molar-refractivity contribution in [1.29, 1.82) is 0 Å². The number of fused-ring (bicyclic) bond motifs is 1. The van der Waals surface area contributed by atoms with Crippen LogP contribution in [0.5, 0.6) is 0 Å². The molecule has 0 amide bonds. The van der Waals surface area contributed by atoms with Gasteiger partial charge in [0.25, 0.3) is 5.56 Å². The summed E-state index contributed by atoms with van der Waals surface area (Å²) in [6.45, 7) is 7.25. The number of unbranched alkanes of at least 4 members (excludes halogenated alkanes) is 1. The maximum atomic E-state index is 12.7. The summed E-state index contributed by atoms with van der Waals surface area (Å²) < 4.78 is 3.39. The number of imidazole rings is 1. The predicted octanol–water partition coefficient (Wildman–Crippen LogP) is 2.59. The molecule has 30 heavy (non-hydrogen) atoms. The highest BCUT2D eigenvalue weighted by molar-refractivity contribution is 5.76. The van der Waals surface area contributed by atoms with Gasteiger partial charge < -0.3 is 4.57 Å².